The first-order valence-corrected chi connectivity index (χ1v) is 11.5. The van der Waals surface area contributed by atoms with Crippen molar-refractivity contribution in [1.29, 1.82) is 0 Å². The van der Waals surface area contributed by atoms with E-state index in [1.165, 1.54) is 23.8 Å². The summed E-state index contributed by atoms with van der Waals surface area (Å²) in [5, 5.41) is 1.05. The minimum absolute atomic E-state index is 0.102. The van der Waals surface area contributed by atoms with Gasteiger partial charge in [-0.1, -0.05) is 55.5 Å². The summed E-state index contributed by atoms with van der Waals surface area (Å²) in [7, 11) is 0. The highest BCUT2D eigenvalue weighted by Crippen LogP contribution is 2.50. The third-order valence-corrected chi connectivity index (χ3v) is 7.38. The second-order valence-electron chi connectivity index (χ2n) is 9.19. The molecule has 1 saturated heterocycles. The second kappa shape index (κ2) is 7.29. The van der Waals surface area contributed by atoms with Gasteiger partial charge in [-0.25, -0.2) is 14.1 Å². The molecule has 2 unspecified atom stereocenters. The lowest BCUT2D eigenvalue weighted by Gasteiger charge is -2.40. The highest BCUT2D eigenvalue weighted by atomic mass is 19.1. The van der Waals surface area contributed by atoms with Crippen LogP contribution in [0, 0.1) is 5.82 Å². The predicted octanol–water partition coefficient (Wildman–Crippen LogP) is 5.70. The van der Waals surface area contributed by atoms with Gasteiger partial charge in [-0.15, -0.1) is 0 Å². The van der Waals surface area contributed by atoms with Crippen LogP contribution in [0.5, 0.6) is 0 Å². The Morgan fingerprint density at radius 2 is 1.79 bits per heavy atom. The Balaban J connectivity index is 1.57. The molecule has 3 aromatic carbocycles. The van der Waals surface area contributed by atoms with Crippen molar-refractivity contribution in [3.8, 4) is 0 Å². The van der Waals surface area contributed by atoms with Crippen molar-refractivity contribution in [2.75, 3.05) is 11.4 Å². The monoisotopic (exact) mass is 453 g/mol. The van der Waals surface area contributed by atoms with Crippen molar-refractivity contribution in [3.63, 3.8) is 0 Å². The van der Waals surface area contributed by atoms with Gasteiger partial charge in [-0.3, -0.25) is 4.79 Å². The largest absolute Gasteiger partial charge is 0.356 e. The van der Waals surface area contributed by atoms with E-state index in [1.807, 2.05) is 18.2 Å². The zero-order valence-corrected chi connectivity index (χ0v) is 19.0. The van der Waals surface area contributed by atoms with Gasteiger partial charge >= 0.3 is 6.03 Å². The maximum absolute atomic E-state index is 14.0. The van der Waals surface area contributed by atoms with Crippen molar-refractivity contribution in [2.45, 2.75) is 31.7 Å². The number of hydrogen-bond donors (Lipinski definition) is 1. The van der Waals surface area contributed by atoms with E-state index in [9.17, 15) is 14.0 Å². The summed E-state index contributed by atoms with van der Waals surface area (Å²) in [6, 6.07) is 21.7. The van der Waals surface area contributed by atoms with Gasteiger partial charge < -0.3 is 9.88 Å². The molecule has 0 spiro atoms. The number of H-pyrrole nitrogens is 1. The second-order valence-corrected chi connectivity index (χ2v) is 9.19. The number of hydrogen-bond acceptors (Lipinski definition) is 2. The number of rotatable bonds is 3. The topological polar surface area (TPSA) is 56.4 Å². The van der Waals surface area contributed by atoms with Crippen LogP contribution in [0.2, 0.25) is 0 Å². The van der Waals surface area contributed by atoms with E-state index >= 15 is 0 Å². The van der Waals surface area contributed by atoms with Crippen LogP contribution in [0.15, 0.2) is 72.8 Å². The number of imide groups is 1. The molecule has 2 aliphatic heterocycles. The Kier molecular flexibility index (Phi) is 4.43. The van der Waals surface area contributed by atoms with Crippen LogP contribution < -0.4 is 4.90 Å². The molecule has 1 fully saturated rings. The molecular weight excluding hydrogens is 429 g/mol. The quantitative estimate of drug-likeness (QED) is 0.405. The smallest absolute Gasteiger partial charge is 0.332 e. The average Bonchev–Trinajstić information content (AvgIpc) is 3.33. The van der Waals surface area contributed by atoms with E-state index in [0.29, 0.717) is 6.54 Å². The van der Waals surface area contributed by atoms with E-state index in [0.717, 1.165) is 39.0 Å². The third-order valence-electron chi connectivity index (χ3n) is 7.38. The number of amides is 3. The molecule has 0 bridgehead atoms. The maximum atomic E-state index is 14.0. The molecule has 0 aliphatic carbocycles. The Morgan fingerprint density at radius 3 is 2.53 bits per heavy atom. The molecule has 6 heteroatoms. The first kappa shape index (κ1) is 20.7. The average molecular weight is 454 g/mol. The molecule has 0 radical (unpaired) electrons. The minimum atomic E-state index is -1.21. The van der Waals surface area contributed by atoms with Crippen molar-refractivity contribution in [1.82, 2.24) is 9.88 Å². The van der Waals surface area contributed by atoms with Crippen molar-refractivity contribution in [3.05, 3.63) is 101 Å². The van der Waals surface area contributed by atoms with Crippen LogP contribution in [0.3, 0.4) is 0 Å². The molecule has 3 heterocycles. The van der Waals surface area contributed by atoms with E-state index in [4.69, 9.17) is 0 Å². The molecule has 2 aliphatic rings. The summed E-state index contributed by atoms with van der Waals surface area (Å²) in [5.41, 5.74) is 4.06. The van der Waals surface area contributed by atoms with Crippen LogP contribution in [-0.4, -0.2) is 28.4 Å². The van der Waals surface area contributed by atoms with E-state index in [1.54, 1.807) is 17.9 Å². The number of fused-ring (bicyclic) bond motifs is 5. The summed E-state index contributed by atoms with van der Waals surface area (Å²) in [6.45, 7) is 4.26. The lowest BCUT2D eigenvalue weighted by atomic mass is 9.78. The lowest BCUT2D eigenvalue weighted by Crippen LogP contribution is -2.50. The number of benzene rings is 3. The first-order valence-electron chi connectivity index (χ1n) is 11.5. The normalized spacial score (nSPS) is 21.8. The van der Waals surface area contributed by atoms with Gasteiger partial charge in [0.2, 0.25) is 0 Å². The highest BCUT2D eigenvalue weighted by Gasteiger charge is 2.60. The summed E-state index contributed by atoms with van der Waals surface area (Å²) in [6.07, 6.45) is 0.947. The number of halogens is 1. The van der Waals surface area contributed by atoms with E-state index in [2.05, 4.69) is 42.2 Å². The van der Waals surface area contributed by atoms with Crippen LogP contribution in [0.25, 0.3) is 10.9 Å². The zero-order chi connectivity index (χ0) is 23.6. The SMILES string of the molecule is CCc1ccc(C2CN3C(=O)N(c4cccc(F)c4)C(=O)C3(C)c3[nH]c4ccccc4c32)cc1. The van der Waals surface area contributed by atoms with Crippen LogP contribution in [-0.2, 0) is 16.8 Å². The number of anilines is 1. The molecule has 3 amide bonds. The number of nitrogens with zero attached hydrogens (tertiary/aromatic N) is 2. The molecular formula is C28H24FN3O2. The Hall–Kier alpha value is -3.93. The lowest BCUT2D eigenvalue weighted by molar-refractivity contribution is -0.125. The predicted molar refractivity (Wildman–Crippen MR) is 129 cm³/mol. The van der Waals surface area contributed by atoms with Crippen molar-refractivity contribution < 1.29 is 14.0 Å². The number of para-hydroxylation sites is 1. The van der Waals surface area contributed by atoms with Gasteiger partial charge in [-0.05, 0) is 54.3 Å². The molecule has 6 rings (SSSR count). The number of aromatic amines is 1. The van der Waals surface area contributed by atoms with Crippen molar-refractivity contribution in [2.24, 2.45) is 0 Å². The van der Waals surface area contributed by atoms with Gasteiger partial charge in [0.25, 0.3) is 5.91 Å². The maximum Gasteiger partial charge on any atom is 0.332 e. The van der Waals surface area contributed by atoms with Gasteiger partial charge in [0.15, 0.2) is 5.54 Å². The zero-order valence-electron chi connectivity index (χ0n) is 19.0. The van der Waals surface area contributed by atoms with Crippen LogP contribution in [0.1, 0.15) is 42.1 Å². The van der Waals surface area contributed by atoms with E-state index < -0.39 is 17.4 Å². The molecule has 4 aromatic rings. The highest BCUT2D eigenvalue weighted by molar-refractivity contribution is 6.23. The number of urea groups is 1. The van der Waals surface area contributed by atoms with Gasteiger partial charge in [0.05, 0.1) is 11.4 Å². The van der Waals surface area contributed by atoms with Crippen LogP contribution in [0.4, 0.5) is 14.9 Å². The van der Waals surface area contributed by atoms with Crippen molar-refractivity contribution >= 4 is 28.5 Å². The summed E-state index contributed by atoms with van der Waals surface area (Å²) in [4.78, 5) is 33.8. The Labute approximate surface area is 196 Å². The standard InChI is InChI=1S/C28H24FN3O2/c1-3-17-11-13-18(14-12-17)22-16-31-27(34)32(20-8-6-7-19(29)15-20)26(33)28(31,2)25-24(22)21-9-4-5-10-23(21)30-25/h4-15,22,30H,3,16H2,1-2H3. The minimum Gasteiger partial charge on any atom is -0.356 e. The summed E-state index contributed by atoms with van der Waals surface area (Å²) >= 11 is 0. The number of carbonyl (C=O) groups excluding carboxylic acids is 2. The van der Waals surface area contributed by atoms with Gasteiger partial charge in [-0.2, -0.15) is 0 Å². The number of aromatic nitrogens is 1. The molecule has 5 nitrogen and oxygen atoms in total. The molecule has 2 atom stereocenters. The van der Waals surface area contributed by atoms with Gasteiger partial charge in [0.1, 0.15) is 5.82 Å². The first-order chi connectivity index (χ1) is 16.4. The molecule has 170 valence electrons. The number of aryl methyl sites for hydroxylation is 1. The molecule has 0 saturated carbocycles. The number of nitrogens with one attached hydrogen (secondary N) is 1. The van der Waals surface area contributed by atoms with Gasteiger partial charge in [0, 0.05) is 23.4 Å². The summed E-state index contributed by atoms with van der Waals surface area (Å²) in [5.74, 6) is -0.974. The van der Waals surface area contributed by atoms with Crippen LogP contribution >= 0.6 is 0 Å². The Morgan fingerprint density at radius 1 is 1.03 bits per heavy atom. The fourth-order valence-electron chi connectivity index (χ4n) is 5.52. The number of carbonyl (C=O) groups is 2. The third kappa shape index (κ3) is 2.71. The molecule has 1 aromatic heterocycles. The molecule has 1 N–H and O–H groups in total. The van der Waals surface area contributed by atoms with E-state index in [-0.39, 0.29) is 17.5 Å². The summed E-state index contributed by atoms with van der Waals surface area (Å²) < 4.78 is 14.0. The Bertz CT molecular complexity index is 1460. The molecule has 34 heavy (non-hydrogen) atoms. The fraction of sp³-hybridized carbons (Fsp3) is 0.214. The fourth-order valence-corrected chi connectivity index (χ4v) is 5.52.